The van der Waals surface area contributed by atoms with E-state index in [0.29, 0.717) is 11.0 Å². The predicted molar refractivity (Wildman–Crippen MR) is 96.1 cm³/mol. The van der Waals surface area contributed by atoms with Gasteiger partial charge in [0, 0.05) is 0 Å². The monoisotopic (exact) mass is 390 g/mol. The minimum absolute atomic E-state index is 0.103. The van der Waals surface area contributed by atoms with Crippen molar-refractivity contribution in [3.8, 4) is 11.4 Å². The van der Waals surface area contributed by atoms with Gasteiger partial charge in [-0.05, 0) is 24.3 Å². The molecule has 0 spiro atoms. The number of nitrogen functional groups attached to an aromatic ring is 1. The van der Waals surface area contributed by atoms with Gasteiger partial charge in [-0.25, -0.2) is 14.1 Å². The van der Waals surface area contributed by atoms with Crippen LogP contribution in [0.2, 0.25) is 0 Å². The smallest absolute Gasteiger partial charge is 0.320 e. The summed E-state index contributed by atoms with van der Waals surface area (Å²) in [7, 11) is 0. The Morgan fingerprint density at radius 3 is 2.56 bits per heavy atom. The number of nitrogens with zero attached hydrogens (tertiary/aromatic N) is 5. The zero-order valence-electron chi connectivity index (χ0n) is 13.8. The molecule has 0 bridgehead atoms. The van der Waals surface area contributed by atoms with E-state index in [9.17, 15) is 13.2 Å². The van der Waals surface area contributed by atoms with Crippen molar-refractivity contribution in [1.29, 1.82) is 0 Å². The molecule has 0 saturated carbocycles. The lowest BCUT2D eigenvalue weighted by molar-refractivity contribution is 0.0722. The zero-order valence-corrected chi connectivity index (χ0v) is 14.6. The maximum Gasteiger partial charge on any atom is 0.320 e. The summed E-state index contributed by atoms with van der Waals surface area (Å²) in [6.45, 7) is -2.72. The highest BCUT2D eigenvalue weighted by atomic mass is 32.2. The van der Waals surface area contributed by atoms with Gasteiger partial charge < -0.3 is 5.84 Å². The highest BCUT2D eigenvalue weighted by Crippen LogP contribution is 2.29. The molecule has 138 valence electrons. The van der Waals surface area contributed by atoms with Crippen LogP contribution in [0.3, 0.4) is 0 Å². The van der Waals surface area contributed by atoms with E-state index in [1.165, 1.54) is 12.1 Å². The average molecular weight is 390 g/mol. The molecule has 0 saturated heterocycles. The van der Waals surface area contributed by atoms with Gasteiger partial charge in [-0.3, -0.25) is 4.57 Å². The first kappa shape index (κ1) is 17.4. The third-order valence-corrected chi connectivity index (χ3v) is 4.91. The molecular weight excluding hydrogens is 377 g/mol. The molecule has 2 N–H and O–H groups in total. The molecule has 4 rings (SSSR count). The number of hydrogen-bond donors (Lipinski definition) is 1. The molecule has 6 nitrogen and oxygen atoms in total. The second-order valence-corrected chi connectivity index (χ2v) is 6.55. The zero-order chi connectivity index (χ0) is 19.0. The van der Waals surface area contributed by atoms with Gasteiger partial charge >= 0.3 is 6.55 Å². The third kappa shape index (κ3) is 3.12. The first-order valence-electron chi connectivity index (χ1n) is 7.88. The normalized spacial score (nSPS) is 11.6. The fraction of sp³-hybridized carbons (Fsp3) is 0.118. The Labute approximate surface area is 155 Å². The summed E-state index contributed by atoms with van der Waals surface area (Å²) in [4.78, 5) is 4.26. The third-order valence-electron chi connectivity index (χ3n) is 3.97. The van der Waals surface area contributed by atoms with Crippen molar-refractivity contribution < 1.29 is 13.2 Å². The fourth-order valence-corrected chi connectivity index (χ4v) is 3.53. The number of thioether (sulfide) groups is 1. The van der Waals surface area contributed by atoms with Crippen molar-refractivity contribution >= 4 is 22.8 Å². The second kappa shape index (κ2) is 6.95. The molecule has 0 fully saturated rings. The predicted octanol–water partition coefficient (Wildman–Crippen LogP) is 3.84. The maximum absolute atomic E-state index is 13.9. The van der Waals surface area contributed by atoms with Crippen LogP contribution in [0.25, 0.3) is 22.4 Å². The van der Waals surface area contributed by atoms with Crippen molar-refractivity contribution in [2.24, 2.45) is 0 Å². The van der Waals surface area contributed by atoms with E-state index in [1.54, 1.807) is 36.4 Å². The first-order valence-corrected chi connectivity index (χ1v) is 8.87. The number of alkyl halides is 2. The van der Waals surface area contributed by atoms with Crippen LogP contribution >= 0.6 is 11.8 Å². The van der Waals surface area contributed by atoms with Crippen LogP contribution in [-0.4, -0.2) is 24.4 Å². The number of imidazole rings is 1. The molecule has 0 aliphatic carbocycles. The van der Waals surface area contributed by atoms with Crippen molar-refractivity contribution in [3.63, 3.8) is 0 Å². The summed E-state index contributed by atoms with van der Waals surface area (Å²) in [5.74, 6) is 5.93. The Balaban J connectivity index is 1.63. The van der Waals surface area contributed by atoms with E-state index >= 15 is 0 Å². The van der Waals surface area contributed by atoms with Crippen LogP contribution < -0.4 is 5.84 Å². The quantitative estimate of drug-likeness (QED) is 0.414. The number of para-hydroxylation sites is 2. The molecule has 0 atom stereocenters. The maximum atomic E-state index is 13.9. The number of hydrogen-bond acceptors (Lipinski definition) is 5. The molecule has 0 aliphatic heterocycles. The van der Waals surface area contributed by atoms with Gasteiger partial charge in [-0.15, -0.1) is 10.2 Å². The minimum atomic E-state index is -2.72. The van der Waals surface area contributed by atoms with Crippen LogP contribution in [0, 0.1) is 5.82 Å². The molecule has 0 amide bonds. The lowest BCUT2D eigenvalue weighted by Gasteiger charge is -2.07. The summed E-state index contributed by atoms with van der Waals surface area (Å²) in [5.41, 5.74) is 1.04. The van der Waals surface area contributed by atoms with Crippen molar-refractivity contribution in [2.45, 2.75) is 17.5 Å². The fourth-order valence-electron chi connectivity index (χ4n) is 2.74. The number of fused-ring (bicyclic) bond motifs is 1. The topological polar surface area (TPSA) is 74.6 Å². The van der Waals surface area contributed by atoms with E-state index in [1.807, 2.05) is 0 Å². The first-order chi connectivity index (χ1) is 13.1. The van der Waals surface area contributed by atoms with Gasteiger partial charge in [0.2, 0.25) is 5.16 Å². The molecule has 2 aromatic carbocycles. The van der Waals surface area contributed by atoms with E-state index < -0.39 is 12.4 Å². The van der Waals surface area contributed by atoms with E-state index in [4.69, 9.17) is 5.84 Å². The van der Waals surface area contributed by atoms with Crippen LogP contribution in [0.5, 0.6) is 0 Å². The molecular formula is C17H13F3N6S. The second-order valence-electron chi connectivity index (χ2n) is 5.61. The van der Waals surface area contributed by atoms with Gasteiger partial charge in [-0.1, -0.05) is 36.0 Å². The molecule has 2 aromatic heterocycles. The van der Waals surface area contributed by atoms with Crippen LogP contribution in [0.15, 0.2) is 53.7 Å². The van der Waals surface area contributed by atoms with Gasteiger partial charge in [0.1, 0.15) is 11.6 Å². The van der Waals surface area contributed by atoms with E-state index in [-0.39, 0.29) is 28.1 Å². The largest absolute Gasteiger partial charge is 0.335 e. The summed E-state index contributed by atoms with van der Waals surface area (Å²) in [6, 6.07) is 12.7. The van der Waals surface area contributed by atoms with Crippen LogP contribution in [0.1, 0.15) is 12.4 Å². The summed E-state index contributed by atoms with van der Waals surface area (Å²) in [5, 5.41) is 8.11. The van der Waals surface area contributed by atoms with E-state index in [2.05, 4.69) is 15.2 Å². The Morgan fingerprint density at radius 2 is 1.78 bits per heavy atom. The standard InChI is InChI=1S/C17H13F3N6S/c18-11-6-2-1-5-10(11)15-23-24-17(26(15)21)27-9-14-22-12-7-3-4-8-13(12)25(14)16(19)20/h1-8,16H,9,21H2. The van der Waals surface area contributed by atoms with Crippen molar-refractivity contribution in [2.75, 3.05) is 5.84 Å². The van der Waals surface area contributed by atoms with Crippen molar-refractivity contribution in [3.05, 3.63) is 60.2 Å². The minimum Gasteiger partial charge on any atom is -0.335 e. The lowest BCUT2D eigenvalue weighted by Crippen LogP contribution is -2.12. The molecule has 0 radical (unpaired) electrons. The van der Waals surface area contributed by atoms with Gasteiger partial charge in [0.05, 0.1) is 22.3 Å². The van der Waals surface area contributed by atoms with E-state index in [0.717, 1.165) is 21.0 Å². The van der Waals surface area contributed by atoms with Gasteiger partial charge in [0.15, 0.2) is 5.82 Å². The summed E-state index contributed by atoms with van der Waals surface area (Å²) < 4.78 is 42.9. The van der Waals surface area contributed by atoms with Gasteiger partial charge in [-0.2, -0.15) is 8.78 Å². The van der Waals surface area contributed by atoms with Crippen molar-refractivity contribution in [1.82, 2.24) is 24.4 Å². The Morgan fingerprint density at radius 1 is 1.04 bits per heavy atom. The number of nitrogens with two attached hydrogens (primary N) is 1. The number of halogens is 3. The Bertz CT molecular complexity index is 1110. The Kier molecular flexibility index (Phi) is 4.48. The van der Waals surface area contributed by atoms with Crippen LogP contribution in [0.4, 0.5) is 13.2 Å². The molecule has 2 heterocycles. The molecule has 27 heavy (non-hydrogen) atoms. The lowest BCUT2D eigenvalue weighted by atomic mass is 10.2. The SMILES string of the molecule is Nn1c(SCc2nc3ccccc3n2C(F)F)nnc1-c1ccccc1F. The Hall–Kier alpha value is -3.01. The van der Waals surface area contributed by atoms with Gasteiger partial charge in [0.25, 0.3) is 0 Å². The molecule has 0 unspecified atom stereocenters. The number of benzene rings is 2. The average Bonchev–Trinajstić information content (AvgIpc) is 3.20. The summed E-state index contributed by atoms with van der Waals surface area (Å²) >= 11 is 1.09. The van der Waals surface area contributed by atoms with Crippen LogP contribution in [-0.2, 0) is 5.75 Å². The molecule has 0 aliphatic rings. The number of aromatic nitrogens is 5. The highest BCUT2D eigenvalue weighted by Gasteiger charge is 2.20. The molecule has 10 heteroatoms. The molecule has 4 aromatic rings. The number of rotatable bonds is 5. The summed E-state index contributed by atoms with van der Waals surface area (Å²) in [6.07, 6.45) is 0. The highest BCUT2D eigenvalue weighted by molar-refractivity contribution is 7.98.